The van der Waals surface area contributed by atoms with Crippen molar-refractivity contribution in [3.05, 3.63) is 34.4 Å². The summed E-state index contributed by atoms with van der Waals surface area (Å²) in [5.74, 6) is -0.259. The van der Waals surface area contributed by atoms with Crippen LogP contribution in [0.5, 0.6) is 0 Å². The summed E-state index contributed by atoms with van der Waals surface area (Å²) < 4.78 is 37.8. The van der Waals surface area contributed by atoms with Gasteiger partial charge in [-0.25, -0.2) is 0 Å². The van der Waals surface area contributed by atoms with E-state index in [1.807, 2.05) is 0 Å². The van der Waals surface area contributed by atoms with E-state index in [1.54, 1.807) is 6.92 Å². The highest BCUT2D eigenvalue weighted by Gasteiger charge is 2.36. The fourth-order valence-electron chi connectivity index (χ4n) is 1.39. The van der Waals surface area contributed by atoms with Gasteiger partial charge in [-0.05, 0) is 24.1 Å². The quantitative estimate of drug-likeness (QED) is 0.680. The molecule has 15 heavy (non-hydrogen) atoms. The second-order valence-electron chi connectivity index (χ2n) is 3.09. The summed E-state index contributed by atoms with van der Waals surface area (Å²) in [6.07, 6.45) is -4.54. The van der Waals surface area contributed by atoms with Crippen LogP contribution in [0.3, 0.4) is 0 Å². The first-order valence-electron chi connectivity index (χ1n) is 4.07. The number of hydrogen-bond donors (Lipinski definition) is 0. The molecule has 0 bridgehead atoms. The summed E-state index contributed by atoms with van der Waals surface area (Å²) in [5, 5.41) is 8.63. The third-order valence-electron chi connectivity index (χ3n) is 1.91. The smallest absolute Gasteiger partial charge is 0.192 e. The second-order valence-corrected chi connectivity index (χ2v) is 3.36. The number of nitriles is 1. The van der Waals surface area contributed by atoms with E-state index < -0.39 is 11.7 Å². The van der Waals surface area contributed by atoms with Gasteiger partial charge in [-0.1, -0.05) is 6.07 Å². The normalized spacial score (nSPS) is 11.2. The summed E-state index contributed by atoms with van der Waals surface area (Å²) >= 11 is 5.43. The molecule has 0 amide bonds. The molecule has 0 fully saturated rings. The van der Waals surface area contributed by atoms with E-state index >= 15 is 0 Å². The number of benzene rings is 1. The lowest BCUT2D eigenvalue weighted by Crippen LogP contribution is -2.11. The standard InChI is InChI=1S/C10H7ClF3N/c1-6-2-7(4-11)9(10(12,13)14)8(3-6)5-15/h2-3H,4H2,1H3. The van der Waals surface area contributed by atoms with Crippen molar-refractivity contribution in [2.75, 3.05) is 0 Å². The van der Waals surface area contributed by atoms with E-state index in [4.69, 9.17) is 16.9 Å². The summed E-state index contributed by atoms with van der Waals surface area (Å²) in [6, 6.07) is 4.09. The summed E-state index contributed by atoms with van der Waals surface area (Å²) in [5.41, 5.74) is -0.764. The molecule has 0 spiro atoms. The number of halogens is 4. The predicted octanol–water partition coefficient (Wildman–Crippen LogP) is 3.62. The third kappa shape index (κ3) is 2.42. The van der Waals surface area contributed by atoms with Gasteiger partial charge in [-0.2, -0.15) is 18.4 Å². The molecule has 1 aromatic rings. The number of rotatable bonds is 1. The minimum Gasteiger partial charge on any atom is -0.192 e. The molecule has 0 saturated carbocycles. The molecular formula is C10H7ClF3N. The Labute approximate surface area is 90.1 Å². The number of aryl methyl sites for hydroxylation is 1. The van der Waals surface area contributed by atoms with Gasteiger partial charge in [-0.15, -0.1) is 11.6 Å². The van der Waals surface area contributed by atoms with Crippen LogP contribution in [-0.2, 0) is 12.1 Å². The zero-order valence-electron chi connectivity index (χ0n) is 7.82. The van der Waals surface area contributed by atoms with Crippen molar-refractivity contribution in [3.63, 3.8) is 0 Å². The van der Waals surface area contributed by atoms with Gasteiger partial charge < -0.3 is 0 Å². The van der Waals surface area contributed by atoms with Crippen molar-refractivity contribution in [1.29, 1.82) is 5.26 Å². The van der Waals surface area contributed by atoms with Gasteiger partial charge >= 0.3 is 6.18 Å². The largest absolute Gasteiger partial charge is 0.417 e. The van der Waals surface area contributed by atoms with Crippen molar-refractivity contribution in [2.45, 2.75) is 19.0 Å². The Balaban J connectivity index is 3.53. The first kappa shape index (κ1) is 11.9. The topological polar surface area (TPSA) is 23.8 Å². The molecule has 0 heterocycles. The predicted molar refractivity (Wildman–Crippen MR) is 50.5 cm³/mol. The third-order valence-corrected chi connectivity index (χ3v) is 2.20. The molecule has 0 atom stereocenters. The van der Waals surface area contributed by atoms with Crippen LogP contribution in [0.2, 0.25) is 0 Å². The van der Waals surface area contributed by atoms with Crippen molar-refractivity contribution in [1.82, 2.24) is 0 Å². The lowest BCUT2D eigenvalue weighted by atomic mass is 9.99. The van der Waals surface area contributed by atoms with E-state index in [1.165, 1.54) is 18.2 Å². The highest BCUT2D eigenvalue weighted by atomic mass is 35.5. The maximum Gasteiger partial charge on any atom is 0.417 e. The van der Waals surface area contributed by atoms with Crippen LogP contribution in [0.4, 0.5) is 13.2 Å². The number of hydrogen-bond acceptors (Lipinski definition) is 1. The van der Waals surface area contributed by atoms with Gasteiger partial charge in [0.2, 0.25) is 0 Å². The Bertz CT molecular complexity index is 418. The van der Waals surface area contributed by atoms with E-state index in [0.717, 1.165) is 0 Å². The molecule has 0 aliphatic heterocycles. The number of nitrogens with zero attached hydrogens (tertiary/aromatic N) is 1. The molecule has 0 aliphatic rings. The van der Waals surface area contributed by atoms with E-state index in [2.05, 4.69) is 0 Å². The van der Waals surface area contributed by atoms with Crippen LogP contribution in [0.15, 0.2) is 12.1 Å². The molecule has 1 aromatic carbocycles. The molecular weight excluding hydrogens is 227 g/mol. The molecule has 5 heteroatoms. The van der Waals surface area contributed by atoms with Gasteiger partial charge in [0.15, 0.2) is 0 Å². The molecule has 0 unspecified atom stereocenters. The molecule has 0 radical (unpaired) electrons. The molecule has 0 aromatic heterocycles. The SMILES string of the molecule is Cc1cc(C#N)c(C(F)(F)F)c(CCl)c1. The van der Waals surface area contributed by atoms with Gasteiger partial charge in [0, 0.05) is 5.88 Å². The van der Waals surface area contributed by atoms with Crippen molar-refractivity contribution >= 4 is 11.6 Å². The Kier molecular flexibility index (Phi) is 3.25. The Morgan fingerprint density at radius 1 is 1.40 bits per heavy atom. The molecule has 1 rings (SSSR count). The van der Waals surface area contributed by atoms with Gasteiger partial charge in [0.1, 0.15) is 0 Å². The van der Waals surface area contributed by atoms with Gasteiger partial charge in [-0.3, -0.25) is 0 Å². The Morgan fingerprint density at radius 2 is 2.00 bits per heavy atom. The second kappa shape index (κ2) is 4.11. The van der Waals surface area contributed by atoms with Crippen LogP contribution < -0.4 is 0 Å². The highest BCUT2D eigenvalue weighted by molar-refractivity contribution is 6.17. The molecule has 0 saturated heterocycles. The van der Waals surface area contributed by atoms with E-state index in [-0.39, 0.29) is 17.0 Å². The maximum absolute atomic E-state index is 12.6. The van der Waals surface area contributed by atoms with Crippen LogP contribution in [0.1, 0.15) is 22.3 Å². The number of alkyl halides is 4. The monoisotopic (exact) mass is 233 g/mol. The fourth-order valence-corrected chi connectivity index (χ4v) is 1.60. The lowest BCUT2D eigenvalue weighted by Gasteiger charge is -2.13. The summed E-state index contributed by atoms with van der Waals surface area (Å²) in [7, 11) is 0. The van der Waals surface area contributed by atoms with Gasteiger partial charge in [0.25, 0.3) is 0 Å². The Hall–Kier alpha value is -1.21. The lowest BCUT2D eigenvalue weighted by molar-refractivity contribution is -0.138. The zero-order valence-corrected chi connectivity index (χ0v) is 8.58. The van der Waals surface area contributed by atoms with Crippen LogP contribution >= 0.6 is 11.6 Å². The van der Waals surface area contributed by atoms with Crippen LogP contribution in [-0.4, -0.2) is 0 Å². The molecule has 0 aliphatic carbocycles. The minimum atomic E-state index is -4.54. The molecule has 80 valence electrons. The zero-order chi connectivity index (χ0) is 11.6. The van der Waals surface area contributed by atoms with Crippen LogP contribution in [0, 0.1) is 18.3 Å². The Morgan fingerprint density at radius 3 is 2.40 bits per heavy atom. The maximum atomic E-state index is 12.6. The van der Waals surface area contributed by atoms with Crippen molar-refractivity contribution in [3.8, 4) is 6.07 Å². The first-order valence-corrected chi connectivity index (χ1v) is 4.60. The molecule has 1 nitrogen and oxygen atoms in total. The van der Waals surface area contributed by atoms with Crippen molar-refractivity contribution < 1.29 is 13.2 Å². The molecule has 0 N–H and O–H groups in total. The first-order chi connectivity index (χ1) is 6.90. The highest BCUT2D eigenvalue weighted by Crippen LogP contribution is 2.35. The minimum absolute atomic E-state index is 0.0549. The van der Waals surface area contributed by atoms with E-state index in [0.29, 0.717) is 5.56 Å². The fraction of sp³-hybridized carbons (Fsp3) is 0.300. The van der Waals surface area contributed by atoms with E-state index in [9.17, 15) is 13.2 Å². The average molecular weight is 234 g/mol. The average Bonchev–Trinajstić information content (AvgIpc) is 2.14. The van der Waals surface area contributed by atoms with Crippen molar-refractivity contribution in [2.24, 2.45) is 0 Å². The van der Waals surface area contributed by atoms with Gasteiger partial charge in [0.05, 0.1) is 17.2 Å². The summed E-state index contributed by atoms with van der Waals surface area (Å²) in [6.45, 7) is 1.62. The van der Waals surface area contributed by atoms with Crippen LogP contribution in [0.25, 0.3) is 0 Å². The summed E-state index contributed by atoms with van der Waals surface area (Å²) in [4.78, 5) is 0.